The van der Waals surface area contributed by atoms with E-state index in [9.17, 15) is 14.4 Å². The fourth-order valence-electron chi connectivity index (χ4n) is 3.70. The van der Waals surface area contributed by atoms with E-state index in [1.54, 1.807) is 37.3 Å². The van der Waals surface area contributed by atoms with E-state index >= 15 is 0 Å². The third-order valence-electron chi connectivity index (χ3n) is 5.50. The predicted octanol–water partition coefficient (Wildman–Crippen LogP) is 4.33. The Bertz CT molecular complexity index is 1060. The van der Waals surface area contributed by atoms with Gasteiger partial charge in [-0.15, -0.1) is 0 Å². The normalized spacial score (nSPS) is 18.3. The summed E-state index contributed by atoms with van der Waals surface area (Å²) in [7, 11) is 0. The largest absolute Gasteiger partial charge is 0.462 e. The zero-order valence-electron chi connectivity index (χ0n) is 18.2. The molecule has 0 unspecified atom stereocenters. The van der Waals surface area contributed by atoms with E-state index in [0.29, 0.717) is 22.1 Å². The van der Waals surface area contributed by atoms with Gasteiger partial charge in [-0.05, 0) is 66.7 Å². The Morgan fingerprint density at radius 3 is 2.33 bits per heavy atom. The van der Waals surface area contributed by atoms with Crippen LogP contribution >= 0.6 is 23.4 Å². The van der Waals surface area contributed by atoms with Crippen LogP contribution in [0.3, 0.4) is 0 Å². The lowest BCUT2D eigenvalue weighted by atomic mass is 10.2. The number of thioether (sulfide) groups is 1. The number of piperazine rings is 1. The fourth-order valence-corrected chi connectivity index (χ4v) is 4.66. The molecule has 4 rings (SSSR count). The first-order valence-corrected chi connectivity index (χ1v) is 11.9. The van der Waals surface area contributed by atoms with Crippen LogP contribution in [0.25, 0.3) is 6.08 Å². The highest BCUT2D eigenvalue weighted by Crippen LogP contribution is 2.32. The number of hydrogen-bond donors (Lipinski definition) is 0. The lowest BCUT2D eigenvalue weighted by Gasteiger charge is -2.37. The van der Waals surface area contributed by atoms with Crippen molar-refractivity contribution in [2.45, 2.75) is 6.92 Å². The van der Waals surface area contributed by atoms with E-state index in [4.69, 9.17) is 16.3 Å². The SMILES string of the molecule is CCOC(=O)c1ccc(N2CCN(CN3C(=O)S/C(=C/c4ccc(Cl)cc4)C3=O)CC2)cc1. The maximum absolute atomic E-state index is 12.8. The van der Waals surface area contributed by atoms with Gasteiger partial charge in [-0.2, -0.15) is 0 Å². The minimum atomic E-state index is -0.323. The van der Waals surface area contributed by atoms with Crippen LogP contribution in [0.1, 0.15) is 22.8 Å². The quantitative estimate of drug-likeness (QED) is 0.445. The second kappa shape index (κ2) is 10.4. The van der Waals surface area contributed by atoms with Crippen LogP contribution in [0.5, 0.6) is 0 Å². The van der Waals surface area contributed by atoms with Gasteiger partial charge in [0.25, 0.3) is 11.1 Å². The summed E-state index contributed by atoms with van der Waals surface area (Å²) >= 11 is 6.87. The van der Waals surface area contributed by atoms with Crippen LogP contribution in [-0.4, -0.2) is 66.4 Å². The average molecular weight is 486 g/mol. The molecular weight excluding hydrogens is 462 g/mol. The van der Waals surface area contributed by atoms with E-state index in [2.05, 4.69) is 9.80 Å². The van der Waals surface area contributed by atoms with Gasteiger partial charge in [-0.1, -0.05) is 23.7 Å². The first-order chi connectivity index (χ1) is 15.9. The second-order valence-corrected chi connectivity index (χ2v) is 9.10. The summed E-state index contributed by atoms with van der Waals surface area (Å²) in [6, 6.07) is 14.5. The molecule has 0 spiro atoms. The molecule has 0 aromatic heterocycles. The summed E-state index contributed by atoms with van der Waals surface area (Å²) in [6.07, 6.45) is 1.72. The van der Waals surface area contributed by atoms with Gasteiger partial charge < -0.3 is 9.64 Å². The number of carbonyl (C=O) groups is 3. The number of nitrogens with zero attached hydrogens (tertiary/aromatic N) is 3. The molecule has 2 aliphatic heterocycles. The Morgan fingerprint density at radius 2 is 1.70 bits per heavy atom. The van der Waals surface area contributed by atoms with E-state index in [1.165, 1.54) is 4.90 Å². The van der Waals surface area contributed by atoms with Gasteiger partial charge in [0.15, 0.2) is 0 Å². The van der Waals surface area contributed by atoms with Crippen molar-refractivity contribution >= 4 is 52.2 Å². The number of carbonyl (C=O) groups excluding carboxylic acids is 3. The Kier molecular flexibility index (Phi) is 7.37. The summed E-state index contributed by atoms with van der Waals surface area (Å²) in [5, 5.41) is 0.367. The molecule has 9 heteroatoms. The van der Waals surface area contributed by atoms with Crippen LogP contribution in [0.2, 0.25) is 5.02 Å². The standard InChI is InChI=1S/C24H24ClN3O4S/c1-2-32-23(30)18-5-9-20(10-6-18)27-13-11-26(12-14-27)16-28-22(29)21(33-24(28)31)15-17-3-7-19(25)8-4-17/h3-10,15H,2,11-14,16H2,1H3/b21-15+. The minimum absolute atomic E-state index is 0.253. The van der Waals surface area contributed by atoms with Crippen molar-refractivity contribution in [1.29, 1.82) is 0 Å². The minimum Gasteiger partial charge on any atom is -0.462 e. The third-order valence-corrected chi connectivity index (χ3v) is 6.66. The smallest absolute Gasteiger partial charge is 0.338 e. The molecule has 2 aromatic carbocycles. The van der Waals surface area contributed by atoms with Gasteiger partial charge >= 0.3 is 5.97 Å². The van der Waals surface area contributed by atoms with Crippen molar-refractivity contribution in [3.8, 4) is 0 Å². The lowest BCUT2D eigenvalue weighted by Crippen LogP contribution is -2.50. The van der Waals surface area contributed by atoms with Gasteiger partial charge in [-0.3, -0.25) is 19.4 Å². The molecule has 33 heavy (non-hydrogen) atoms. The summed E-state index contributed by atoms with van der Waals surface area (Å²) in [5.41, 5.74) is 2.39. The summed E-state index contributed by atoms with van der Waals surface area (Å²) in [5.74, 6) is -0.590. The molecule has 2 aliphatic rings. The maximum atomic E-state index is 12.8. The molecular formula is C24H24ClN3O4S. The van der Waals surface area contributed by atoms with E-state index in [0.717, 1.165) is 49.2 Å². The monoisotopic (exact) mass is 485 g/mol. The van der Waals surface area contributed by atoms with Crippen molar-refractivity contribution in [1.82, 2.24) is 9.80 Å². The first-order valence-electron chi connectivity index (χ1n) is 10.7. The van der Waals surface area contributed by atoms with Crippen LogP contribution in [0, 0.1) is 0 Å². The van der Waals surface area contributed by atoms with Gasteiger partial charge in [0.1, 0.15) is 0 Å². The Hall–Kier alpha value is -2.81. The van der Waals surface area contributed by atoms with Crippen LogP contribution < -0.4 is 4.90 Å². The van der Waals surface area contributed by atoms with Crippen LogP contribution in [0.15, 0.2) is 53.4 Å². The molecule has 2 fully saturated rings. The van der Waals surface area contributed by atoms with E-state index in [1.807, 2.05) is 24.3 Å². The van der Waals surface area contributed by atoms with Crippen molar-refractivity contribution < 1.29 is 19.1 Å². The number of benzene rings is 2. The maximum Gasteiger partial charge on any atom is 0.338 e. The molecule has 0 N–H and O–H groups in total. The number of hydrogen-bond acceptors (Lipinski definition) is 7. The number of ether oxygens (including phenoxy) is 1. The number of halogens is 1. The highest BCUT2D eigenvalue weighted by molar-refractivity contribution is 8.18. The lowest BCUT2D eigenvalue weighted by molar-refractivity contribution is -0.124. The van der Waals surface area contributed by atoms with Crippen molar-refractivity contribution in [3.63, 3.8) is 0 Å². The Balaban J connectivity index is 1.32. The van der Waals surface area contributed by atoms with Crippen molar-refractivity contribution in [2.24, 2.45) is 0 Å². The van der Waals surface area contributed by atoms with Gasteiger partial charge in [0.05, 0.1) is 23.7 Å². The van der Waals surface area contributed by atoms with Crippen molar-refractivity contribution in [2.75, 3.05) is 44.4 Å². The Labute approximate surface area is 201 Å². The number of rotatable bonds is 6. The summed E-state index contributed by atoms with van der Waals surface area (Å²) in [6.45, 7) is 5.37. The molecule has 0 radical (unpaired) electrons. The number of anilines is 1. The average Bonchev–Trinajstić information content (AvgIpc) is 3.08. The number of esters is 1. The van der Waals surface area contributed by atoms with Gasteiger partial charge in [0, 0.05) is 36.9 Å². The highest BCUT2D eigenvalue weighted by Gasteiger charge is 2.36. The second-order valence-electron chi connectivity index (χ2n) is 7.68. The molecule has 2 amide bonds. The van der Waals surface area contributed by atoms with Crippen LogP contribution in [0.4, 0.5) is 10.5 Å². The molecule has 0 saturated carbocycles. The molecule has 2 aromatic rings. The highest BCUT2D eigenvalue weighted by atomic mass is 35.5. The van der Waals surface area contributed by atoms with Crippen molar-refractivity contribution in [3.05, 3.63) is 69.6 Å². The van der Waals surface area contributed by atoms with Gasteiger partial charge in [0.2, 0.25) is 0 Å². The third kappa shape index (κ3) is 5.58. The van der Waals surface area contributed by atoms with E-state index < -0.39 is 0 Å². The molecule has 0 bridgehead atoms. The molecule has 0 atom stereocenters. The van der Waals surface area contributed by atoms with E-state index in [-0.39, 0.29) is 23.8 Å². The van der Waals surface area contributed by atoms with Gasteiger partial charge in [-0.25, -0.2) is 4.79 Å². The molecule has 2 saturated heterocycles. The fraction of sp³-hybridized carbons (Fsp3) is 0.292. The summed E-state index contributed by atoms with van der Waals surface area (Å²) < 4.78 is 5.02. The zero-order valence-corrected chi connectivity index (χ0v) is 19.8. The topological polar surface area (TPSA) is 70.2 Å². The number of amides is 2. The molecule has 7 nitrogen and oxygen atoms in total. The Morgan fingerprint density at radius 1 is 1.03 bits per heavy atom. The van der Waals surface area contributed by atoms with Crippen LogP contribution in [-0.2, 0) is 9.53 Å². The summed E-state index contributed by atoms with van der Waals surface area (Å²) in [4.78, 5) is 43.1. The molecule has 172 valence electrons. The molecule has 0 aliphatic carbocycles. The zero-order chi connectivity index (χ0) is 23.4. The first kappa shape index (κ1) is 23.4. The molecule has 2 heterocycles. The predicted molar refractivity (Wildman–Crippen MR) is 130 cm³/mol. The number of imide groups is 1.